The molecule has 3 unspecified atom stereocenters. The highest BCUT2D eigenvalue weighted by molar-refractivity contribution is 7.09. The van der Waals surface area contributed by atoms with Crippen molar-refractivity contribution < 1.29 is 5.11 Å². The number of aliphatic hydroxyl groups excluding tert-OH is 1. The molecule has 0 aliphatic heterocycles. The summed E-state index contributed by atoms with van der Waals surface area (Å²) in [6.45, 7) is 3.19. The van der Waals surface area contributed by atoms with Gasteiger partial charge in [0.15, 0.2) is 0 Å². The molecule has 1 aliphatic carbocycles. The molecule has 0 spiro atoms. The molecule has 1 heterocycles. The van der Waals surface area contributed by atoms with Gasteiger partial charge in [0, 0.05) is 17.5 Å². The molecular weight excluding hydrogens is 218 g/mol. The quantitative estimate of drug-likeness (QED) is 0.827. The first-order valence-corrected chi connectivity index (χ1v) is 7.07. The summed E-state index contributed by atoms with van der Waals surface area (Å²) in [5.41, 5.74) is 0. The topological polar surface area (TPSA) is 32.3 Å². The summed E-state index contributed by atoms with van der Waals surface area (Å²) >= 11 is 1.82. The predicted molar refractivity (Wildman–Crippen MR) is 68.8 cm³/mol. The smallest absolute Gasteiger partial charge is 0.0580 e. The Balaban J connectivity index is 1.69. The van der Waals surface area contributed by atoms with Gasteiger partial charge in [-0.25, -0.2) is 0 Å². The number of hydrogen-bond donors (Lipinski definition) is 2. The molecule has 3 heteroatoms. The van der Waals surface area contributed by atoms with Crippen molar-refractivity contribution in [1.29, 1.82) is 0 Å². The van der Waals surface area contributed by atoms with Crippen LogP contribution in [0.1, 0.15) is 31.1 Å². The van der Waals surface area contributed by atoms with Crippen LogP contribution in [0.15, 0.2) is 17.5 Å². The van der Waals surface area contributed by atoms with Gasteiger partial charge in [0.05, 0.1) is 6.10 Å². The average Bonchev–Trinajstić information content (AvgIpc) is 2.87. The van der Waals surface area contributed by atoms with Gasteiger partial charge in [0.2, 0.25) is 0 Å². The molecule has 1 saturated carbocycles. The van der Waals surface area contributed by atoms with E-state index in [1.807, 2.05) is 11.3 Å². The molecule has 2 rings (SSSR count). The van der Waals surface area contributed by atoms with E-state index in [2.05, 4.69) is 29.8 Å². The van der Waals surface area contributed by atoms with Gasteiger partial charge in [-0.15, -0.1) is 11.3 Å². The molecule has 1 aliphatic rings. The molecule has 0 amide bonds. The second-order valence-corrected chi connectivity index (χ2v) is 5.88. The van der Waals surface area contributed by atoms with E-state index in [0.29, 0.717) is 12.0 Å². The Morgan fingerprint density at radius 2 is 2.44 bits per heavy atom. The summed E-state index contributed by atoms with van der Waals surface area (Å²) in [6, 6.07) is 4.80. The number of nitrogens with one attached hydrogen (secondary N) is 1. The van der Waals surface area contributed by atoms with Gasteiger partial charge in [0.25, 0.3) is 0 Å². The molecule has 0 saturated heterocycles. The van der Waals surface area contributed by atoms with Gasteiger partial charge < -0.3 is 10.4 Å². The highest BCUT2D eigenvalue weighted by Crippen LogP contribution is 2.24. The number of thiophene rings is 1. The van der Waals surface area contributed by atoms with E-state index in [0.717, 1.165) is 19.4 Å². The summed E-state index contributed by atoms with van der Waals surface area (Å²) in [4.78, 5) is 1.44. The van der Waals surface area contributed by atoms with Crippen LogP contribution in [0.5, 0.6) is 0 Å². The molecule has 3 atom stereocenters. The third-order valence-electron chi connectivity index (χ3n) is 3.43. The predicted octanol–water partition coefficient (Wildman–Crippen LogP) is 2.43. The van der Waals surface area contributed by atoms with Crippen molar-refractivity contribution in [3.63, 3.8) is 0 Å². The molecule has 0 aromatic carbocycles. The second-order valence-electron chi connectivity index (χ2n) is 4.85. The van der Waals surface area contributed by atoms with E-state index in [1.165, 1.54) is 17.7 Å². The summed E-state index contributed by atoms with van der Waals surface area (Å²) in [7, 11) is 0. The zero-order valence-electron chi connectivity index (χ0n) is 9.86. The van der Waals surface area contributed by atoms with E-state index >= 15 is 0 Å². The van der Waals surface area contributed by atoms with Crippen LogP contribution >= 0.6 is 11.3 Å². The normalized spacial score (nSPS) is 27.1. The average molecular weight is 239 g/mol. The number of rotatable bonds is 5. The second kappa shape index (κ2) is 5.80. The summed E-state index contributed by atoms with van der Waals surface area (Å²) in [5.74, 6) is 0.478. The van der Waals surface area contributed by atoms with Crippen molar-refractivity contribution in [2.24, 2.45) is 5.92 Å². The Morgan fingerprint density at radius 3 is 3.06 bits per heavy atom. The lowest BCUT2D eigenvalue weighted by Crippen LogP contribution is -2.35. The highest BCUT2D eigenvalue weighted by Gasteiger charge is 2.24. The maximum atomic E-state index is 9.72. The Kier molecular flexibility index (Phi) is 4.38. The molecule has 2 N–H and O–H groups in total. The van der Waals surface area contributed by atoms with Crippen LogP contribution in [-0.4, -0.2) is 23.8 Å². The van der Waals surface area contributed by atoms with Gasteiger partial charge >= 0.3 is 0 Å². The van der Waals surface area contributed by atoms with Crippen LogP contribution in [0.3, 0.4) is 0 Å². The van der Waals surface area contributed by atoms with Gasteiger partial charge in [-0.2, -0.15) is 0 Å². The largest absolute Gasteiger partial charge is 0.393 e. The van der Waals surface area contributed by atoms with E-state index < -0.39 is 0 Å². The minimum Gasteiger partial charge on any atom is -0.393 e. The fourth-order valence-electron chi connectivity index (χ4n) is 2.41. The van der Waals surface area contributed by atoms with Crippen LogP contribution in [0.25, 0.3) is 0 Å². The molecular formula is C13H21NOS. The Labute approximate surface area is 102 Å². The Bertz CT molecular complexity index is 299. The third kappa shape index (κ3) is 3.30. The zero-order valence-corrected chi connectivity index (χ0v) is 10.7. The van der Waals surface area contributed by atoms with Gasteiger partial charge in [-0.3, -0.25) is 0 Å². The van der Waals surface area contributed by atoms with Gasteiger partial charge in [-0.1, -0.05) is 12.5 Å². The zero-order chi connectivity index (χ0) is 11.4. The van der Waals surface area contributed by atoms with Crippen molar-refractivity contribution in [2.75, 3.05) is 6.54 Å². The molecule has 1 fully saturated rings. The van der Waals surface area contributed by atoms with Crippen LogP contribution in [0.4, 0.5) is 0 Å². The van der Waals surface area contributed by atoms with Crippen LogP contribution < -0.4 is 5.32 Å². The SMILES string of the molecule is CC(Cc1cccs1)NCC1CCCC1O. The van der Waals surface area contributed by atoms with Crippen LogP contribution in [0.2, 0.25) is 0 Å². The van der Waals surface area contributed by atoms with E-state index in [4.69, 9.17) is 0 Å². The monoisotopic (exact) mass is 239 g/mol. The summed E-state index contributed by atoms with van der Waals surface area (Å²) in [6.07, 6.45) is 4.39. The first-order valence-electron chi connectivity index (χ1n) is 6.19. The lowest BCUT2D eigenvalue weighted by atomic mass is 10.1. The van der Waals surface area contributed by atoms with Crippen LogP contribution in [0, 0.1) is 5.92 Å². The highest BCUT2D eigenvalue weighted by atomic mass is 32.1. The fourth-order valence-corrected chi connectivity index (χ4v) is 3.25. The minimum absolute atomic E-state index is 0.0681. The van der Waals surface area contributed by atoms with Crippen molar-refractivity contribution in [3.8, 4) is 0 Å². The number of aliphatic hydroxyl groups is 1. The van der Waals surface area contributed by atoms with E-state index in [1.54, 1.807) is 0 Å². The van der Waals surface area contributed by atoms with E-state index in [9.17, 15) is 5.11 Å². The first kappa shape index (κ1) is 12.1. The van der Waals surface area contributed by atoms with Gasteiger partial charge in [-0.05, 0) is 43.6 Å². The maximum absolute atomic E-state index is 9.72. The molecule has 16 heavy (non-hydrogen) atoms. The van der Waals surface area contributed by atoms with Crippen molar-refractivity contribution in [2.45, 2.75) is 44.8 Å². The number of hydrogen-bond acceptors (Lipinski definition) is 3. The van der Waals surface area contributed by atoms with E-state index in [-0.39, 0.29) is 6.10 Å². The third-order valence-corrected chi connectivity index (χ3v) is 4.33. The molecule has 0 radical (unpaired) electrons. The molecule has 2 nitrogen and oxygen atoms in total. The summed E-state index contributed by atoms with van der Waals surface area (Å²) in [5, 5.41) is 15.4. The van der Waals surface area contributed by atoms with Gasteiger partial charge in [0.1, 0.15) is 0 Å². The molecule has 1 aromatic rings. The van der Waals surface area contributed by atoms with Crippen molar-refractivity contribution in [1.82, 2.24) is 5.32 Å². The maximum Gasteiger partial charge on any atom is 0.0580 e. The molecule has 0 bridgehead atoms. The van der Waals surface area contributed by atoms with Crippen LogP contribution in [-0.2, 0) is 6.42 Å². The first-order chi connectivity index (χ1) is 7.75. The minimum atomic E-state index is -0.0681. The lowest BCUT2D eigenvalue weighted by molar-refractivity contribution is 0.130. The lowest BCUT2D eigenvalue weighted by Gasteiger charge is -2.19. The summed E-state index contributed by atoms with van der Waals surface area (Å²) < 4.78 is 0. The standard InChI is InChI=1S/C13H21NOS/c1-10(8-12-5-3-7-16-12)14-9-11-4-2-6-13(11)15/h3,5,7,10-11,13-15H,2,4,6,8-9H2,1H3. The van der Waals surface area contributed by atoms with Crippen molar-refractivity contribution in [3.05, 3.63) is 22.4 Å². The molecule has 1 aromatic heterocycles. The Morgan fingerprint density at radius 1 is 1.56 bits per heavy atom. The Hall–Kier alpha value is -0.380. The molecule has 90 valence electrons. The van der Waals surface area contributed by atoms with Crippen molar-refractivity contribution >= 4 is 11.3 Å². The fraction of sp³-hybridized carbons (Fsp3) is 0.692.